The Morgan fingerprint density at radius 2 is 2.00 bits per heavy atom. The van der Waals surface area contributed by atoms with E-state index in [2.05, 4.69) is 5.32 Å². The topological polar surface area (TPSA) is 69.6 Å². The first kappa shape index (κ1) is 12.2. The van der Waals surface area contributed by atoms with E-state index < -0.39 is 11.5 Å². The van der Waals surface area contributed by atoms with Gasteiger partial charge in [-0.15, -0.1) is 0 Å². The second-order valence-corrected chi connectivity index (χ2v) is 5.35. The van der Waals surface area contributed by atoms with E-state index in [1.165, 1.54) is 19.3 Å². The van der Waals surface area contributed by atoms with Crippen molar-refractivity contribution in [3.05, 3.63) is 0 Å². The van der Waals surface area contributed by atoms with Gasteiger partial charge in [0.25, 0.3) is 0 Å². The second kappa shape index (κ2) is 4.55. The molecule has 2 aliphatic carbocycles. The largest absolute Gasteiger partial charge is 0.480 e. The van der Waals surface area contributed by atoms with Crippen LogP contribution in [0.1, 0.15) is 38.5 Å². The summed E-state index contributed by atoms with van der Waals surface area (Å²) in [5.74, 6) is -0.304. The average Bonchev–Trinajstić information content (AvgIpc) is 2.15. The molecular formula is C12H20N2O3. The highest BCUT2D eigenvalue weighted by Gasteiger charge is 2.46. The Hall–Kier alpha value is -1.26. The lowest BCUT2D eigenvalue weighted by Gasteiger charge is -2.40. The number of hydrogen-bond donors (Lipinski definition) is 2. The minimum atomic E-state index is -0.995. The van der Waals surface area contributed by atoms with Gasteiger partial charge in [0.1, 0.15) is 5.54 Å². The minimum Gasteiger partial charge on any atom is -0.480 e. The SMILES string of the molecule is CN(CC1CCC1)C(=O)NC1(C(=O)O)CCC1. The van der Waals surface area contributed by atoms with Gasteiger partial charge in [-0.1, -0.05) is 6.42 Å². The van der Waals surface area contributed by atoms with Crippen molar-refractivity contribution in [2.24, 2.45) is 5.92 Å². The number of hydrogen-bond acceptors (Lipinski definition) is 2. The fourth-order valence-corrected chi connectivity index (χ4v) is 2.37. The molecule has 2 fully saturated rings. The number of carboxylic acid groups (broad SMARTS) is 1. The van der Waals surface area contributed by atoms with Gasteiger partial charge in [-0.25, -0.2) is 9.59 Å². The Morgan fingerprint density at radius 3 is 2.35 bits per heavy atom. The quantitative estimate of drug-likeness (QED) is 0.781. The molecule has 0 spiro atoms. The Kier molecular flexibility index (Phi) is 3.26. The van der Waals surface area contributed by atoms with Crippen LogP contribution in [0, 0.1) is 5.92 Å². The van der Waals surface area contributed by atoms with Crippen molar-refractivity contribution >= 4 is 12.0 Å². The highest BCUT2D eigenvalue weighted by Crippen LogP contribution is 2.32. The van der Waals surface area contributed by atoms with Gasteiger partial charge in [0.15, 0.2) is 0 Å². The lowest BCUT2D eigenvalue weighted by atomic mass is 9.77. The van der Waals surface area contributed by atoms with Gasteiger partial charge < -0.3 is 15.3 Å². The van der Waals surface area contributed by atoms with Crippen LogP contribution < -0.4 is 5.32 Å². The zero-order chi connectivity index (χ0) is 12.5. The summed E-state index contributed by atoms with van der Waals surface area (Å²) < 4.78 is 0. The Morgan fingerprint density at radius 1 is 1.35 bits per heavy atom. The molecule has 0 heterocycles. The monoisotopic (exact) mass is 240 g/mol. The van der Waals surface area contributed by atoms with E-state index in [0.29, 0.717) is 18.8 Å². The Bertz CT molecular complexity index is 322. The van der Waals surface area contributed by atoms with E-state index in [0.717, 1.165) is 13.0 Å². The van der Waals surface area contributed by atoms with E-state index in [9.17, 15) is 9.59 Å². The first-order valence-corrected chi connectivity index (χ1v) is 6.30. The van der Waals surface area contributed by atoms with Gasteiger partial charge in [-0.2, -0.15) is 0 Å². The van der Waals surface area contributed by atoms with Gasteiger partial charge in [-0.3, -0.25) is 0 Å². The number of nitrogens with zero attached hydrogens (tertiary/aromatic N) is 1. The molecule has 2 rings (SSSR count). The molecule has 0 aromatic carbocycles. The molecule has 2 aliphatic rings. The molecule has 0 aromatic heterocycles. The fraction of sp³-hybridized carbons (Fsp3) is 0.833. The van der Waals surface area contributed by atoms with Crippen LogP contribution in [-0.2, 0) is 4.79 Å². The third-order valence-electron chi connectivity index (χ3n) is 4.07. The summed E-state index contributed by atoms with van der Waals surface area (Å²) in [4.78, 5) is 24.6. The first-order valence-electron chi connectivity index (χ1n) is 6.30. The van der Waals surface area contributed by atoms with E-state index >= 15 is 0 Å². The third-order valence-corrected chi connectivity index (χ3v) is 4.07. The van der Waals surface area contributed by atoms with Gasteiger partial charge >= 0.3 is 12.0 Å². The molecule has 0 aliphatic heterocycles. The molecule has 0 atom stereocenters. The number of rotatable bonds is 4. The number of nitrogens with one attached hydrogen (secondary N) is 1. The predicted octanol–water partition coefficient (Wildman–Crippen LogP) is 1.44. The van der Waals surface area contributed by atoms with Crippen LogP contribution in [0.3, 0.4) is 0 Å². The Labute approximate surface area is 101 Å². The number of carboxylic acids is 1. The van der Waals surface area contributed by atoms with Crippen molar-refractivity contribution in [1.82, 2.24) is 10.2 Å². The van der Waals surface area contributed by atoms with Gasteiger partial charge in [-0.05, 0) is 38.0 Å². The molecule has 96 valence electrons. The molecule has 2 amide bonds. The molecule has 0 unspecified atom stereocenters. The van der Waals surface area contributed by atoms with Crippen molar-refractivity contribution in [3.63, 3.8) is 0 Å². The van der Waals surface area contributed by atoms with Crippen LogP contribution in [0.15, 0.2) is 0 Å². The van der Waals surface area contributed by atoms with Gasteiger partial charge in [0, 0.05) is 13.6 Å². The summed E-state index contributed by atoms with van der Waals surface area (Å²) in [7, 11) is 1.74. The summed E-state index contributed by atoms with van der Waals surface area (Å²) in [6.45, 7) is 0.738. The molecule has 17 heavy (non-hydrogen) atoms. The van der Waals surface area contributed by atoms with Crippen LogP contribution in [0.4, 0.5) is 4.79 Å². The summed E-state index contributed by atoms with van der Waals surface area (Å²) in [5.41, 5.74) is -0.995. The molecule has 0 aromatic rings. The summed E-state index contributed by atoms with van der Waals surface area (Å²) >= 11 is 0. The number of urea groups is 1. The summed E-state index contributed by atoms with van der Waals surface area (Å²) in [6, 6.07) is -0.251. The maximum atomic E-state index is 11.9. The lowest BCUT2D eigenvalue weighted by molar-refractivity contribution is -0.148. The molecule has 2 N–H and O–H groups in total. The molecule has 5 nitrogen and oxygen atoms in total. The van der Waals surface area contributed by atoms with Crippen molar-refractivity contribution in [1.29, 1.82) is 0 Å². The standard InChI is InChI=1S/C12H20N2O3/c1-14(8-9-4-2-5-9)11(17)13-12(10(15)16)6-3-7-12/h9H,2-8H2,1H3,(H,13,17)(H,15,16). The van der Waals surface area contributed by atoms with Crippen molar-refractivity contribution < 1.29 is 14.7 Å². The highest BCUT2D eigenvalue weighted by atomic mass is 16.4. The maximum absolute atomic E-state index is 11.9. The normalized spacial score (nSPS) is 22.2. The number of carbonyl (C=O) groups excluding carboxylic acids is 1. The van der Waals surface area contributed by atoms with E-state index in [1.807, 2.05) is 0 Å². The number of amides is 2. The molecule has 0 radical (unpaired) electrons. The molecule has 5 heteroatoms. The van der Waals surface area contributed by atoms with Crippen molar-refractivity contribution in [3.8, 4) is 0 Å². The third kappa shape index (κ3) is 2.37. The molecule has 2 saturated carbocycles. The average molecular weight is 240 g/mol. The molecule has 0 saturated heterocycles. The van der Waals surface area contributed by atoms with Crippen LogP contribution >= 0.6 is 0 Å². The highest BCUT2D eigenvalue weighted by molar-refractivity contribution is 5.87. The van der Waals surface area contributed by atoms with E-state index in [-0.39, 0.29) is 6.03 Å². The first-order chi connectivity index (χ1) is 8.03. The zero-order valence-electron chi connectivity index (χ0n) is 10.2. The van der Waals surface area contributed by atoms with Crippen molar-refractivity contribution in [2.75, 3.05) is 13.6 Å². The smallest absolute Gasteiger partial charge is 0.329 e. The van der Waals surface area contributed by atoms with Crippen LogP contribution in [0.25, 0.3) is 0 Å². The van der Waals surface area contributed by atoms with Crippen molar-refractivity contribution in [2.45, 2.75) is 44.1 Å². The second-order valence-electron chi connectivity index (χ2n) is 5.35. The van der Waals surface area contributed by atoms with Crippen LogP contribution in [-0.4, -0.2) is 41.1 Å². The van der Waals surface area contributed by atoms with Gasteiger partial charge in [0.05, 0.1) is 0 Å². The van der Waals surface area contributed by atoms with E-state index in [4.69, 9.17) is 5.11 Å². The fourth-order valence-electron chi connectivity index (χ4n) is 2.37. The van der Waals surface area contributed by atoms with E-state index in [1.54, 1.807) is 11.9 Å². The predicted molar refractivity (Wildman–Crippen MR) is 62.7 cm³/mol. The maximum Gasteiger partial charge on any atom is 0.329 e. The summed E-state index contributed by atoms with van der Waals surface area (Å²) in [5, 5.41) is 11.8. The number of carbonyl (C=O) groups is 2. The lowest BCUT2D eigenvalue weighted by Crippen LogP contribution is -2.61. The Balaban J connectivity index is 1.84. The molecular weight excluding hydrogens is 220 g/mol. The molecule has 0 bridgehead atoms. The zero-order valence-corrected chi connectivity index (χ0v) is 10.2. The minimum absolute atomic E-state index is 0.251. The number of aliphatic carboxylic acids is 1. The van der Waals surface area contributed by atoms with Gasteiger partial charge in [0.2, 0.25) is 0 Å². The van der Waals surface area contributed by atoms with Crippen LogP contribution in [0.5, 0.6) is 0 Å². The summed E-state index contributed by atoms with van der Waals surface area (Å²) in [6.07, 6.45) is 5.58. The van der Waals surface area contributed by atoms with Crippen LogP contribution in [0.2, 0.25) is 0 Å².